The largest absolute Gasteiger partial charge is 0.508 e. The van der Waals surface area contributed by atoms with Gasteiger partial charge in [-0.15, -0.1) is 0 Å². The second kappa shape index (κ2) is 4.87. The SMILES string of the molecule is CN(C(=O)c1cccc(O)c1)c1ccccc1F. The fraction of sp³-hybridized carbons (Fsp3) is 0.0714. The fourth-order valence-electron chi connectivity index (χ4n) is 1.67. The summed E-state index contributed by atoms with van der Waals surface area (Å²) in [5, 5.41) is 9.32. The van der Waals surface area contributed by atoms with Crippen molar-refractivity contribution in [1.29, 1.82) is 0 Å². The molecule has 2 aromatic carbocycles. The van der Waals surface area contributed by atoms with Gasteiger partial charge in [0.1, 0.15) is 11.6 Å². The molecule has 0 radical (unpaired) electrons. The number of aromatic hydroxyl groups is 1. The molecule has 0 aliphatic rings. The molecule has 0 atom stereocenters. The van der Waals surface area contributed by atoms with Crippen molar-refractivity contribution in [3.05, 3.63) is 59.9 Å². The predicted octanol–water partition coefficient (Wildman–Crippen LogP) is 2.81. The Morgan fingerprint density at radius 2 is 1.89 bits per heavy atom. The Balaban J connectivity index is 2.32. The first-order chi connectivity index (χ1) is 8.59. The number of rotatable bonds is 2. The highest BCUT2D eigenvalue weighted by Crippen LogP contribution is 2.20. The minimum atomic E-state index is -0.464. The van der Waals surface area contributed by atoms with Gasteiger partial charge < -0.3 is 10.0 Å². The van der Waals surface area contributed by atoms with Crippen LogP contribution in [0.15, 0.2) is 48.5 Å². The second-order valence-corrected chi connectivity index (χ2v) is 3.87. The Hall–Kier alpha value is -2.36. The maximum absolute atomic E-state index is 13.6. The van der Waals surface area contributed by atoms with Crippen LogP contribution in [-0.4, -0.2) is 18.1 Å². The zero-order valence-corrected chi connectivity index (χ0v) is 9.80. The van der Waals surface area contributed by atoms with Crippen LogP contribution >= 0.6 is 0 Å². The fourth-order valence-corrected chi connectivity index (χ4v) is 1.67. The van der Waals surface area contributed by atoms with E-state index in [2.05, 4.69) is 0 Å². The zero-order valence-electron chi connectivity index (χ0n) is 9.80. The van der Waals surface area contributed by atoms with Gasteiger partial charge in [0.05, 0.1) is 5.69 Å². The molecule has 0 aromatic heterocycles. The van der Waals surface area contributed by atoms with Gasteiger partial charge in [-0.3, -0.25) is 4.79 Å². The minimum absolute atomic E-state index is 0.00258. The molecule has 0 bridgehead atoms. The summed E-state index contributed by atoms with van der Waals surface area (Å²) >= 11 is 0. The van der Waals surface area contributed by atoms with Crippen molar-refractivity contribution >= 4 is 11.6 Å². The molecule has 3 nitrogen and oxygen atoms in total. The third kappa shape index (κ3) is 2.32. The van der Waals surface area contributed by atoms with E-state index in [0.717, 1.165) is 0 Å². The van der Waals surface area contributed by atoms with E-state index in [1.807, 2.05) is 0 Å². The molecule has 0 aliphatic heterocycles. The van der Waals surface area contributed by atoms with E-state index in [1.165, 1.54) is 36.2 Å². The first kappa shape index (κ1) is 12.1. The van der Waals surface area contributed by atoms with Crippen LogP contribution in [0, 0.1) is 5.82 Å². The summed E-state index contributed by atoms with van der Waals surface area (Å²) in [6, 6.07) is 12.0. The molecule has 0 spiro atoms. The highest BCUT2D eigenvalue weighted by molar-refractivity contribution is 6.05. The van der Waals surface area contributed by atoms with Crippen LogP contribution in [0.3, 0.4) is 0 Å². The van der Waals surface area contributed by atoms with Gasteiger partial charge in [-0.25, -0.2) is 4.39 Å². The van der Waals surface area contributed by atoms with Gasteiger partial charge in [0.2, 0.25) is 0 Å². The Bertz CT molecular complexity index is 584. The molecule has 0 heterocycles. The van der Waals surface area contributed by atoms with Crippen LogP contribution in [0.5, 0.6) is 5.75 Å². The van der Waals surface area contributed by atoms with E-state index in [-0.39, 0.29) is 17.3 Å². The lowest BCUT2D eigenvalue weighted by Gasteiger charge is -2.18. The number of hydrogen-bond acceptors (Lipinski definition) is 2. The summed E-state index contributed by atoms with van der Waals surface area (Å²) in [6.07, 6.45) is 0. The number of phenols is 1. The van der Waals surface area contributed by atoms with Gasteiger partial charge in [0, 0.05) is 12.6 Å². The summed E-state index contributed by atoms with van der Waals surface area (Å²) in [5.74, 6) is -0.840. The monoisotopic (exact) mass is 245 g/mol. The zero-order chi connectivity index (χ0) is 13.1. The van der Waals surface area contributed by atoms with E-state index < -0.39 is 5.82 Å². The number of hydrogen-bond donors (Lipinski definition) is 1. The quantitative estimate of drug-likeness (QED) is 0.883. The number of carbonyl (C=O) groups excluding carboxylic acids is 1. The van der Waals surface area contributed by atoms with Gasteiger partial charge in [-0.1, -0.05) is 18.2 Å². The summed E-state index contributed by atoms with van der Waals surface area (Å²) in [6.45, 7) is 0. The molecule has 1 N–H and O–H groups in total. The molecule has 18 heavy (non-hydrogen) atoms. The van der Waals surface area contributed by atoms with Crippen molar-refractivity contribution in [2.75, 3.05) is 11.9 Å². The molecule has 0 unspecified atom stereocenters. The molecule has 0 saturated heterocycles. The third-order valence-electron chi connectivity index (χ3n) is 2.61. The number of halogens is 1. The van der Waals surface area contributed by atoms with Crippen molar-refractivity contribution < 1.29 is 14.3 Å². The normalized spacial score (nSPS) is 10.1. The van der Waals surface area contributed by atoms with E-state index in [1.54, 1.807) is 24.3 Å². The smallest absolute Gasteiger partial charge is 0.258 e. The Labute approximate surface area is 104 Å². The molecular weight excluding hydrogens is 233 g/mol. The first-order valence-corrected chi connectivity index (χ1v) is 5.41. The van der Waals surface area contributed by atoms with Crippen molar-refractivity contribution in [2.45, 2.75) is 0 Å². The third-order valence-corrected chi connectivity index (χ3v) is 2.61. The maximum atomic E-state index is 13.6. The van der Waals surface area contributed by atoms with Gasteiger partial charge in [0.15, 0.2) is 0 Å². The summed E-state index contributed by atoms with van der Waals surface area (Å²) in [7, 11) is 1.49. The molecule has 0 saturated carbocycles. The lowest BCUT2D eigenvalue weighted by atomic mass is 10.1. The summed E-state index contributed by atoms with van der Waals surface area (Å²) in [4.78, 5) is 13.3. The highest BCUT2D eigenvalue weighted by atomic mass is 19.1. The van der Waals surface area contributed by atoms with Gasteiger partial charge in [0.25, 0.3) is 5.91 Å². The standard InChI is InChI=1S/C14H12FNO2/c1-16(13-8-3-2-7-12(13)15)14(18)10-5-4-6-11(17)9-10/h2-9,17H,1H3. The molecule has 1 amide bonds. The van der Waals surface area contributed by atoms with Crippen LogP contribution in [0.4, 0.5) is 10.1 Å². The average Bonchev–Trinajstić information content (AvgIpc) is 2.37. The van der Waals surface area contributed by atoms with Crippen LogP contribution in [0.1, 0.15) is 10.4 Å². The van der Waals surface area contributed by atoms with Crippen LogP contribution in [-0.2, 0) is 0 Å². The number of para-hydroxylation sites is 1. The first-order valence-electron chi connectivity index (χ1n) is 5.41. The van der Waals surface area contributed by atoms with E-state index in [0.29, 0.717) is 5.56 Å². The van der Waals surface area contributed by atoms with Crippen molar-refractivity contribution in [2.24, 2.45) is 0 Å². The van der Waals surface area contributed by atoms with E-state index in [4.69, 9.17) is 0 Å². The van der Waals surface area contributed by atoms with Crippen molar-refractivity contribution in [3.63, 3.8) is 0 Å². The van der Waals surface area contributed by atoms with Crippen molar-refractivity contribution in [3.8, 4) is 5.75 Å². The average molecular weight is 245 g/mol. The topological polar surface area (TPSA) is 40.5 Å². The number of benzene rings is 2. The number of carbonyl (C=O) groups is 1. The number of anilines is 1. The second-order valence-electron chi connectivity index (χ2n) is 3.87. The highest BCUT2D eigenvalue weighted by Gasteiger charge is 2.16. The predicted molar refractivity (Wildman–Crippen MR) is 67.2 cm³/mol. The summed E-state index contributed by atoms with van der Waals surface area (Å²) in [5.41, 5.74) is 0.506. The maximum Gasteiger partial charge on any atom is 0.258 e. The van der Waals surface area contributed by atoms with Gasteiger partial charge >= 0.3 is 0 Å². The molecular formula is C14H12FNO2. The minimum Gasteiger partial charge on any atom is -0.508 e. The molecule has 0 aliphatic carbocycles. The van der Waals surface area contributed by atoms with Crippen LogP contribution in [0.2, 0.25) is 0 Å². The summed E-state index contributed by atoms with van der Waals surface area (Å²) < 4.78 is 13.6. The van der Waals surface area contributed by atoms with Gasteiger partial charge in [-0.05, 0) is 30.3 Å². The van der Waals surface area contributed by atoms with Gasteiger partial charge in [-0.2, -0.15) is 0 Å². The van der Waals surface area contributed by atoms with Crippen LogP contribution in [0.25, 0.3) is 0 Å². The number of amides is 1. The Morgan fingerprint density at radius 3 is 2.56 bits per heavy atom. The number of phenolic OH excluding ortho intramolecular Hbond substituents is 1. The number of nitrogens with zero attached hydrogens (tertiary/aromatic N) is 1. The Morgan fingerprint density at radius 1 is 1.17 bits per heavy atom. The molecule has 2 rings (SSSR count). The van der Waals surface area contributed by atoms with E-state index >= 15 is 0 Å². The lowest BCUT2D eigenvalue weighted by Crippen LogP contribution is -2.26. The van der Waals surface area contributed by atoms with Crippen molar-refractivity contribution in [1.82, 2.24) is 0 Å². The van der Waals surface area contributed by atoms with E-state index in [9.17, 15) is 14.3 Å². The molecule has 4 heteroatoms. The molecule has 92 valence electrons. The molecule has 2 aromatic rings. The molecule has 0 fully saturated rings. The van der Waals surface area contributed by atoms with Crippen LogP contribution < -0.4 is 4.90 Å². The Kier molecular flexibility index (Phi) is 3.28. The lowest BCUT2D eigenvalue weighted by molar-refractivity contribution is 0.0992.